The fraction of sp³-hybridized carbons (Fsp3) is 0.667. The molecule has 1 aliphatic rings. The summed E-state index contributed by atoms with van der Waals surface area (Å²) in [6, 6.07) is 1.63. The quantitative estimate of drug-likeness (QED) is 0.776. The molecule has 3 rings (SSSR count). The predicted molar refractivity (Wildman–Crippen MR) is 97.7 cm³/mol. The van der Waals surface area contributed by atoms with Crippen molar-refractivity contribution in [1.29, 1.82) is 0 Å². The molecule has 2 aromatic rings. The average Bonchev–Trinajstić information content (AvgIpc) is 3.25. The molecule has 0 spiro atoms. The molecule has 1 fully saturated rings. The lowest BCUT2D eigenvalue weighted by molar-refractivity contribution is -0.136. The minimum atomic E-state index is -0.220. The first kappa shape index (κ1) is 18.4. The molecule has 3 heterocycles. The summed E-state index contributed by atoms with van der Waals surface area (Å²) in [7, 11) is 1.69. The van der Waals surface area contributed by atoms with Crippen molar-refractivity contribution in [1.82, 2.24) is 29.0 Å². The third-order valence-corrected chi connectivity index (χ3v) is 5.31. The number of piperidine rings is 1. The van der Waals surface area contributed by atoms with Crippen LogP contribution < -0.4 is 5.69 Å². The van der Waals surface area contributed by atoms with Crippen molar-refractivity contribution in [2.45, 2.75) is 52.1 Å². The molecule has 26 heavy (non-hydrogen) atoms. The Morgan fingerprint density at radius 3 is 2.62 bits per heavy atom. The van der Waals surface area contributed by atoms with E-state index < -0.39 is 0 Å². The van der Waals surface area contributed by atoms with E-state index in [0.717, 1.165) is 44.6 Å². The summed E-state index contributed by atoms with van der Waals surface area (Å²) in [5, 5.41) is 8.61. The van der Waals surface area contributed by atoms with Gasteiger partial charge in [-0.3, -0.25) is 14.0 Å². The van der Waals surface area contributed by atoms with E-state index in [4.69, 9.17) is 0 Å². The average molecular weight is 360 g/mol. The molecule has 0 radical (unpaired) electrons. The van der Waals surface area contributed by atoms with E-state index in [0.29, 0.717) is 12.5 Å². The number of carbonyl (C=O) groups is 1. The van der Waals surface area contributed by atoms with E-state index in [1.165, 1.54) is 4.68 Å². The zero-order valence-electron chi connectivity index (χ0n) is 15.8. The number of carbonyl (C=O) groups excluding carboxylic acids is 1. The molecular formula is C18H28N6O2. The lowest BCUT2D eigenvalue weighted by atomic mass is 9.92. The van der Waals surface area contributed by atoms with Gasteiger partial charge in [-0.15, -0.1) is 0 Å². The summed E-state index contributed by atoms with van der Waals surface area (Å²) in [6.07, 6.45) is 6.97. The molecule has 1 aliphatic heterocycles. The molecule has 2 aromatic heterocycles. The summed E-state index contributed by atoms with van der Waals surface area (Å²) in [5.74, 6) is 1.46. The van der Waals surface area contributed by atoms with Gasteiger partial charge in [-0.25, -0.2) is 9.48 Å². The third-order valence-electron chi connectivity index (χ3n) is 5.31. The molecule has 0 aliphatic carbocycles. The summed E-state index contributed by atoms with van der Waals surface area (Å²) in [5.41, 5.74) is -0.0554. The number of amides is 1. The number of nitrogens with zero attached hydrogens (tertiary/aromatic N) is 6. The molecule has 0 aromatic carbocycles. The molecular weight excluding hydrogens is 332 g/mol. The van der Waals surface area contributed by atoms with E-state index >= 15 is 0 Å². The highest BCUT2D eigenvalue weighted by atomic mass is 16.2. The first-order chi connectivity index (χ1) is 12.5. The van der Waals surface area contributed by atoms with Crippen LogP contribution >= 0.6 is 0 Å². The Morgan fingerprint density at radius 1 is 1.31 bits per heavy atom. The molecule has 1 saturated heterocycles. The number of rotatable bonds is 6. The highest BCUT2D eigenvalue weighted by Crippen LogP contribution is 2.23. The van der Waals surface area contributed by atoms with Crippen LogP contribution in [0.3, 0.4) is 0 Å². The van der Waals surface area contributed by atoms with Gasteiger partial charge in [-0.2, -0.15) is 10.2 Å². The second-order valence-electron chi connectivity index (χ2n) is 6.95. The fourth-order valence-electron chi connectivity index (χ4n) is 3.79. The zero-order valence-corrected chi connectivity index (χ0v) is 15.8. The maximum absolute atomic E-state index is 12.8. The summed E-state index contributed by atoms with van der Waals surface area (Å²) in [4.78, 5) is 26.8. The lowest BCUT2D eigenvalue weighted by Crippen LogP contribution is -2.43. The van der Waals surface area contributed by atoms with Gasteiger partial charge in [0.05, 0.1) is 0 Å². The van der Waals surface area contributed by atoms with Gasteiger partial charge < -0.3 is 4.90 Å². The normalized spacial score (nSPS) is 16.8. The second-order valence-corrected chi connectivity index (χ2v) is 6.95. The fourth-order valence-corrected chi connectivity index (χ4v) is 3.79. The topological polar surface area (TPSA) is 78.0 Å². The Kier molecular flexibility index (Phi) is 5.58. The summed E-state index contributed by atoms with van der Waals surface area (Å²) >= 11 is 0. The van der Waals surface area contributed by atoms with Gasteiger partial charge >= 0.3 is 5.69 Å². The van der Waals surface area contributed by atoms with Crippen molar-refractivity contribution < 1.29 is 4.79 Å². The number of hydrogen-bond acceptors (Lipinski definition) is 4. The number of likely N-dealkylation sites (tertiary alicyclic amines) is 1. The predicted octanol–water partition coefficient (Wildman–Crippen LogP) is 1.23. The molecule has 1 atom stereocenters. The molecule has 8 nitrogen and oxygen atoms in total. The summed E-state index contributed by atoms with van der Waals surface area (Å²) < 4.78 is 4.90. The van der Waals surface area contributed by atoms with E-state index in [2.05, 4.69) is 10.2 Å². The second kappa shape index (κ2) is 7.88. The van der Waals surface area contributed by atoms with Crippen LogP contribution in [0.25, 0.3) is 0 Å². The van der Waals surface area contributed by atoms with Gasteiger partial charge in [-0.05, 0) is 38.2 Å². The Labute approximate surface area is 153 Å². The van der Waals surface area contributed by atoms with Crippen LogP contribution in [0.2, 0.25) is 0 Å². The maximum atomic E-state index is 12.8. The van der Waals surface area contributed by atoms with Crippen molar-refractivity contribution in [2.24, 2.45) is 13.0 Å². The van der Waals surface area contributed by atoms with Gasteiger partial charge in [0.25, 0.3) is 0 Å². The number of hydrogen-bond donors (Lipinski definition) is 0. The highest BCUT2D eigenvalue weighted by Gasteiger charge is 2.29. The third kappa shape index (κ3) is 3.59. The van der Waals surface area contributed by atoms with E-state index in [9.17, 15) is 9.59 Å². The SMILES string of the molecule is CC[C@H](C(=O)N1CCC(Cc2nn(C)c(=O)n2CC)CC1)n1cccn1. The van der Waals surface area contributed by atoms with Crippen molar-refractivity contribution in [2.75, 3.05) is 13.1 Å². The monoisotopic (exact) mass is 360 g/mol. The molecule has 0 unspecified atom stereocenters. The van der Waals surface area contributed by atoms with Gasteiger partial charge in [0, 0.05) is 45.5 Å². The van der Waals surface area contributed by atoms with Crippen LogP contribution in [0.1, 0.15) is 45.0 Å². The summed E-state index contributed by atoms with van der Waals surface area (Å²) in [6.45, 7) is 6.13. The van der Waals surface area contributed by atoms with E-state index in [1.54, 1.807) is 22.5 Å². The van der Waals surface area contributed by atoms with Crippen molar-refractivity contribution in [3.05, 3.63) is 34.8 Å². The van der Waals surface area contributed by atoms with Crippen molar-refractivity contribution >= 4 is 5.91 Å². The highest BCUT2D eigenvalue weighted by molar-refractivity contribution is 5.80. The van der Waals surface area contributed by atoms with E-state index in [-0.39, 0.29) is 17.6 Å². The Bertz CT molecular complexity index is 783. The van der Waals surface area contributed by atoms with E-state index in [1.807, 2.05) is 31.0 Å². The lowest BCUT2D eigenvalue weighted by Gasteiger charge is -2.34. The Morgan fingerprint density at radius 2 is 2.04 bits per heavy atom. The smallest absolute Gasteiger partial charge is 0.341 e. The zero-order chi connectivity index (χ0) is 18.7. The molecule has 8 heteroatoms. The van der Waals surface area contributed by atoms with Crippen LogP contribution in [-0.2, 0) is 24.8 Å². The number of aromatic nitrogens is 5. The number of aryl methyl sites for hydroxylation is 1. The molecule has 0 bridgehead atoms. The first-order valence-corrected chi connectivity index (χ1v) is 9.45. The van der Waals surface area contributed by atoms with Crippen LogP contribution in [0.15, 0.2) is 23.3 Å². The maximum Gasteiger partial charge on any atom is 0.345 e. The van der Waals surface area contributed by atoms with Crippen LogP contribution in [0, 0.1) is 5.92 Å². The largest absolute Gasteiger partial charge is 0.345 e. The van der Waals surface area contributed by atoms with Crippen LogP contribution in [0.4, 0.5) is 0 Å². The Hall–Kier alpha value is -2.38. The minimum Gasteiger partial charge on any atom is -0.341 e. The minimum absolute atomic E-state index is 0.0554. The van der Waals surface area contributed by atoms with Gasteiger partial charge in [0.2, 0.25) is 5.91 Å². The van der Waals surface area contributed by atoms with Crippen molar-refractivity contribution in [3.63, 3.8) is 0 Å². The Balaban J connectivity index is 1.60. The van der Waals surface area contributed by atoms with Crippen LogP contribution in [-0.4, -0.2) is 48.0 Å². The van der Waals surface area contributed by atoms with Crippen LogP contribution in [0.5, 0.6) is 0 Å². The molecule has 142 valence electrons. The standard InChI is InChI=1S/C18H28N6O2/c1-4-15(24-10-6-9-19-24)17(25)22-11-7-14(8-12-22)13-16-20-21(3)18(26)23(16)5-2/h6,9-10,14-15H,4-5,7-8,11-13H2,1-3H3/t15-/m1/s1. The first-order valence-electron chi connectivity index (χ1n) is 9.45. The van der Waals surface area contributed by atoms with Gasteiger partial charge in [0.1, 0.15) is 11.9 Å². The van der Waals surface area contributed by atoms with Gasteiger partial charge in [-0.1, -0.05) is 6.92 Å². The van der Waals surface area contributed by atoms with Gasteiger partial charge in [0.15, 0.2) is 0 Å². The molecule has 0 saturated carbocycles. The molecule has 0 N–H and O–H groups in total. The van der Waals surface area contributed by atoms with Crippen molar-refractivity contribution in [3.8, 4) is 0 Å². The molecule has 1 amide bonds.